The lowest BCUT2D eigenvalue weighted by molar-refractivity contribution is -0.123. The van der Waals surface area contributed by atoms with Gasteiger partial charge >= 0.3 is 6.18 Å². The molecule has 0 saturated carbocycles. The standard InChI is InChI=1S/C18H14F3N3O3S/c19-18(20,21)11-23-17(25)13-5-1-7-14(10-13)28(26,27)24-15-8-2-4-12-6-3-9-22-16(12)15/h1-10,24H,11H2,(H,23,25). The second-order valence-electron chi connectivity index (χ2n) is 5.81. The van der Waals surface area contributed by atoms with Crippen LogP contribution in [-0.4, -0.2) is 32.0 Å². The van der Waals surface area contributed by atoms with Gasteiger partial charge in [-0.25, -0.2) is 8.42 Å². The monoisotopic (exact) mass is 409 g/mol. The van der Waals surface area contributed by atoms with Crippen molar-refractivity contribution in [2.45, 2.75) is 11.1 Å². The van der Waals surface area contributed by atoms with Gasteiger partial charge in [0.1, 0.15) is 6.54 Å². The van der Waals surface area contributed by atoms with Crippen LogP contribution in [0.2, 0.25) is 0 Å². The minimum Gasteiger partial charge on any atom is -0.343 e. The molecular weight excluding hydrogens is 395 g/mol. The van der Waals surface area contributed by atoms with Gasteiger partial charge in [0.15, 0.2) is 0 Å². The Kier molecular flexibility index (Phi) is 5.23. The van der Waals surface area contributed by atoms with Gasteiger partial charge in [-0.3, -0.25) is 14.5 Å². The van der Waals surface area contributed by atoms with E-state index in [-0.39, 0.29) is 16.1 Å². The molecule has 0 atom stereocenters. The highest BCUT2D eigenvalue weighted by molar-refractivity contribution is 7.92. The Labute approximate surface area is 158 Å². The molecule has 0 spiro atoms. The Morgan fingerprint density at radius 1 is 1.04 bits per heavy atom. The van der Waals surface area contributed by atoms with E-state index in [2.05, 4.69) is 9.71 Å². The van der Waals surface area contributed by atoms with Crippen LogP contribution in [0.3, 0.4) is 0 Å². The van der Waals surface area contributed by atoms with Crippen LogP contribution in [0.15, 0.2) is 65.7 Å². The molecule has 1 aromatic heterocycles. The maximum atomic E-state index is 12.7. The van der Waals surface area contributed by atoms with Crippen molar-refractivity contribution in [1.82, 2.24) is 10.3 Å². The molecule has 10 heteroatoms. The Bertz CT molecular complexity index is 1130. The van der Waals surface area contributed by atoms with Crippen molar-refractivity contribution >= 4 is 32.5 Å². The Morgan fingerprint density at radius 2 is 1.75 bits per heavy atom. The van der Waals surface area contributed by atoms with Crippen molar-refractivity contribution in [2.24, 2.45) is 0 Å². The van der Waals surface area contributed by atoms with E-state index >= 15 is 0 Å². The fourth-order valence-electron chi connectivity index (χ4n) is 2.48. The topological polar surface area (TPSA) is 88.2 Å². The van der Waals surface area contributed by atoms with E-state index in [1.165, 1.54) is 30.5 Å². The fourth-order valence-corrected chi connectivity index (χ4v) is 3.59. The quantitative estimate of drug-likeness (QED) is 0.677. The van der Waals surface area contributed by atoms with Gasteiger partial charge in [-0.05, 0) is 30.3 Å². The molecule has 0 aliphatic heterocycles. The summed E-state index contributed by atoms with van der Waals surface area (Å²) >= 11 is 0. The van der Waals surface area contributed by atoms with Gasteiger partial charge in [-0.1, -0.05) is 24.3 Å². The van der Waals surface area contributed by atoms with Crippen LogP contribution in [0.4, 0.5) is 18.9 Å². The minimum absolute atomic E-state index is 0.205. The molecule has 28 heavy (non-hydrogen) atoms. The largest absolute Gasteiger partial charge is 0.405 e. The first kappa shape index (κ1) is 19.6. The van der Waals surface area contributed by atoms with Gasteiger partial charge in [-0.15, -0.1) is 0 Å². The van der Waals surface area contributed by atoms with Crippen LogP contribution < -0.4 is 10.0 Å². The molecule has 0 unspecified atom stereocenters. The highest BCUT2D eigenvalue weighted by Gasteiger charge is 2.28. The number of sulfonamides is 1. The summed E-state index contributed by atoms with van der Waals surface area (Å²) in [5, 5.41) is 2.43. The van der Waals surface area contributed by atoms with Crippen LogP contribution in [-0.2, 0) is 10.0 Å². The van der Waals surface area contributed by atoms with Gasteiger partial charge < -0.3 is 5.32 Å². The molecule has 3 aromatic rings. The first-order valence-corrected chi connectivity index (χ1v) is 9.46. The summed E-state index contributed by atoms with van der Waals surface area (Å²) in [5.41, 5.74) is 0.473. The van der Waals surface area contributed by atoms with Gasteiger partial charge in [-0.2, -0.15) is 13.2 Å². The summed E-state index contributed by atoms with van der Waals surface area (Å²) < 4.78 is 64.5. The third-order valence-corrected chi connectivity index (χ3v) is 5.10. The number of carbonyl (C=O) groups excluding carboxylic acids is 1. The minimum atomic E-state index is -4.57. The number of anilines is 1. The lowest BCUT2D eigenvalue weighted by atomic mass is 10.2. The normalized spacial score (nSPS) is 12.0. The number of pyridine rings is 1. The predicted molar refractivity (Wildman–Crippen MR) is 97.4 cm³/mol. The molecule has 6 nitrogen and oxygen atoms in total. The van der Waals surface area contributed by atoms with Crippen molar-refractivity contribution in [2.75, 3.05) is 11.3 Å². The number of amides is 1. The van der Waals surface area contributed by atoms with Crippen molar-refractivity contribution in [3.8, 4) is 0 Å². The van der Waals surface area contributed by atoms with Gasteiger partial charge in [0, 0.05) is 17.1 Å². The number of para-hydroxylation sites is 1. The first-order valence-electron chi connectivity index (χ1n) is 7.97. The Morgan fingerprint density at radius 3 is 2.50 bits per heavy atom. The number of hydrogen-bond donors (Lipinski definition) is 2. The molecule has 2 aromatic carbocycles. The number of nitrogens with one attached hydrogen (secondary N) is 2. The Balaban J connectivity index is 1.87. The summed E-state index contributed by atoms with van der Waals surface area (Å²) in [6.45, 7) is -1.51. The lowest BCUT2D eigenvalue weighted by Gasteiger charge is -2.12. The van der Waals surface area contributed by atoms with E-state index in [1.54, 1.807) is 29.6 Å². The number of carbonyl (C=O) groups is 1. The van der Waals surface area contributed by atoms with Crippen molar-refractivity contribution in [1.29, 1.82) is 0 Å². The van der Waals surface area contributed by atoms with E-state index in [4.69, 9.17) is 0 Å². The van der Waals surface area contributed by atoms with Gasteiger partial charge in [0.2, 0.25) is 0 Å². The van der Waals surface area contributed by atoms with Crippen molar-refractivity contribution in [3.63, 3.8) is 0 Å². The maximum Gasteiger partial charge on any atom is 0.405 e. The predicted octanol–water partition coefficient (Wildman–Crippen LogP) is 3.33. The number of nitrogens with zero attached hydrogens (tertiary/aromatic N) is 1. The number of fused-ring (bicyclic) bond motifs is 1. The number of halogens is 3. The van der Waals surface area contributed by atoms with Crippen LogP contribution in [0, 0.1) is 0 Å². The lowest BCUT2D eigenvalue weighted by Crippen LogP contribution is -2.33. The zero-order chi connectivity index (χ0) is 20.4. The van der Waals surface area contributed by atoms with E-state index in [0.29, 0.717) is 5.52 Å². The van der Waals surface area contributed by atoms with Crippen LogP contribution in [0.1, 0.15) is 10.4 Å². The zero-order valence-electron chi connectivity index (χ0n) is 14.2. The average Bonchev–Trinajstić information content (AvgIpc) is 2.66. The number of benzene rings is 2. The fraction of sp³-hybridized carbons (Fsp3) is 0.111. The first-order chi connectivity index (χ1) is 13.2. The number of rotatable bonds is 5. The maximum absolute atomic E-state index is 12.7. The number of aromatic nitrogens is 1. The van der Waals surface area contributed by atoms with E-state index in [0.717, 1.165) is 11.5 Å². The van der Waals surface area contributed by atoms with Crippen molar-refractivity contribution < 1.29 is 26.4 Å². The molecule has 1 amide bonds. The summed E-state index contributed by atoms with van der Waals surface area (Å²) in [5.74, 6) is -1.03. The number of alkyl halides is 3. The van der Waals surface area contributed by atoms with Crippen LogP contribution in [0.5, 0.6) is 0 Å². The summed E-state index contributed by atoms with van der Waals surface area (Å²) in [7, 11) is -4.10. The van der Waals surface area contributed by atoms with E-state index in [9.17, 15) is 26.4 Å². The molecule has 2 N–H and O–H groups in total. The molecule has 0 aliphatic carbocycles. The summed E-state index contributed by atoms with van der Waals surface area (Å²) in [4.78, 5) is 15.8. The second-order valence-corrected chi connectivity index (χ2v) is 7.49. The third kappa shape index (κ3) is 4.58. The highest BCUT2D eigenvalue weighted by Crippen LogP contribution is 2.24. The van der Waals surface area contributed by atoms with Crippen LogP contribution in [0.25, 0.3) is 10.9 Å². The smallest absolute Gasteiger partial charge is 0.343 e. The molecule has 0 saturated heterocycles. The molecule has 146 valence electrons. The molecular formula is C18H14F3N3O3S. The molecule has 0 bridgehead atoms. The van der Waals surface area contributed by atoms with Crippen LogP contribution >= 0.6 is 0 Å². The second kappa shape index (κ2) is 7.47. The SMILES string of the molecule is O=C(NCC(F)(F)F)c1cccc(S(=O)(=O)Nc2cccc3cccnc23)c1. The third-order valence-electron chi connectivity index (χ3n) is 3.73. The molecule has 0 aliphatic rings. The van der Waals surface area contributed by atoms with E-state index < -0.39 is 28.7 Å². The summed E-state index contributed by atoms with van der Waals surface area (Å²) in [6.07, 6.45) is -3.05. The van der Waals surface area contributed by atoms with E-state index in [1.807, 2.05) is 0 Å². The molecule has 0 fully saturated rings. The van der Waals surface area contributed by atoms with Crippen molar-refractivity contribution in [3.05, 3.63) is 66.4 Å². The van der Waals surface area contributed by atoms with Gasteiger partial charge in [0.25, 0.3) is 15.9 Å². The average molecular weight is 409 g/mol. The molecule has 1 heterocycles. The number of hydrogen-bond acceptors (Lipinski definition) is 4. The molecule has 3 rings (SSSR count). The highest BCUT2D eigenvalue weighted by atomic mass is 32.2. The Hall–Kier alpha value is -3.14. The molecule has 0 radical (unpaired) electrons. The zero-order valence-corrected chi connectivity index (χ0v) is 15.0. The summed E-state index contributed by atoms with van der Waals surface area (Å²) in [6, 6.07) is 13.2. The van der Waals surface area contributed by atoms with Gasteiger partial charge in [0.05, 0.1) is 16.1 Å².